The second kappa shape index (κ2) is 7.42. The summed E-state index contributed by atoms with van der Waals surface area (Å²) in [5.41, 5.74) is 0.662. The summed E-state index contributed by atoms with van der Waals surface area (Å²) in [5, 5.41) is 6.78. The van der Waals surface area contributed by atoms with E-state index in [0.29, 0.717) is 34.5 Å². The van der Waals surface area contributed by atoms with Crippen molar-refractivity contribution < 1.29 is 23.5 Å². The van der Waals surface area contributed by atoms with E-state index in [1.165, 1.54) is 7.11 Å². The smallest absolute Gasteiger partial charge is 0.246 e. The second-order valence-corrected chi connectivity index (χ2v) is 5.77. The first-order valence-electron chi connectivity index (χ1n) is 8.07. The molecule has 1 saturated carbocycles. The average Bonchev–Trinajstić information content (AvgIpc) is 3.06. The highest BCUT2D eigenvalue weighted by Crippen LogP contribution is 2.40. The lowest BCUT2D eigenvalue weighted by molar-refractivity contribution is -0.127. The standard InChI is InChI=1S/C17H21N3O5/c1-22-12-7-11(8-13(23-2)15(12)24-3)16-19-14(25-20-16)9-18-17(21)10-5-4-6-10/h7-8,10H,4-6,9H2,1-3H3,(H,18,21). The molecular formula is C17H21N3O5. The number of hydrogen-bond donors (Lipinski definition) is 1. The number of carbonyl (C=O) groups excluding carboxylic acids is 1. The van der Waals surface area contributed by atoms with Crippen molar-refractivity contribution in [2.45, 2.75) is 25.8 Å². The van der Waals surface area contributed by atoms with Crippen molar-refractivity contribution in [2.75, 3.05) is 21.3 Å². The molecule has 0 radical (unpaired) electrons. The highest BCUT2D eigenvalue weighted by molar-refractivity contribution is 5.79. The highest BCUT2D eigenvalue weighted by Gasteiger charge is 2.25. The van der Waals surface area contributed by atoms with Gasteiger partial charge in [0.25, 0.3) is 0 Å². The number of nitrogens with one attached hydrogen (secondary N) is 1. The predicted octanol–water partition coefficient (Wildman–Crippen LogP) is 2.18. The fourth-order valence-electron chi connectivity index (χ4n) is 2.63. The summed E-state index contributed by atoms with van der Waals surface area (Å²) >= 11 is 0. The van der Waals surface area contributed by atoms with Crippen LogP contribution in [0.4, 0.5) is 0 Å². The van der Waals surface area contributed by atoms with Crippen LogP contribution < -0.4 is 19.5 Å². The van der Waals surface area contributed by atoms with Crippen molar-refractivity contribution in [3.05, 3.63) is 18.0 Å². The number of amides is 1. The zero-order valence-corrected chi connectivity index (χ0v) is 14.5. The molecule has 1 N–H and O–H groups in total. The summed E-state index contributed by atoms with van der Waals surface area (Å²) in [4.78, 5) is 16.2. The van der Waals surface area contributed by atoms with E-state index < -0.39 is 0 Å². The fourth-order valence-corrected chi connectivity index (χ4v) is 2.63. The van der Waals surface area contributed by atoms with Gasteiger partial charge in [-0.3, -0.25) is 4.79 Å². The molecule has 0 saturated heterocycles. The molecule has 1 aliphatic carbocycles. The van der Waals surface area contributed by atoms with Gasteiger partial charge >= 0.3 is 0 Å². The van der Waals surface area contributed by atoms with Crippen LogP contribution in [0.1, 0.15) is 25.2 Å². The Labute approximate surface area is 145 Å². The van der Waals surface area contributed by atoms with Gasteiger partial charge in [0, 0.05) is 11.5 Å². The molecule has 0 spiro atoms. The van der Waals surface area contributed by atoms with Crippen LogP contribution in [0.15, 0.2) is 16.7 Å². The third-order valence-electron chi connectivity index (χ3n) is 4.28. The van der Waals surface area contributed by atoms with Crippen molar-refractivity contribution in [3.63, 3.8) is 0 Å². The zero-order chi connectivity index (χ0) is 17.8. The zero-order valence-electron chi connectivity index (χ0n) is 14.5. The third-order valence-corrected chi connectivity index (χ3v) is 4.28. The predicted molar refractivity (Wildman–Crippen MR) is 88.6 cm³/mol. The van der Waals surface area contributed by atoms with Crippen LogP contribution in [0.3, 0.4) is 0 Å². The minimum absolute atomic E-state index is 0.0405. The Hall–Kier alpha value is -2.77. The average molecular weight is 347 g/mol. The molecule has 134 valence electrons. The molecule has 1 aromatic carbocycles. The molecule has 0 unspecified atom stereocenters. The topological polar surface area (TPSA) is 95.7 Å². The van der Waals surface area contributed by atoms with Gasteiger partial charge in [0.15, 0.2) is 11.5 Å². The van der Waals surface area contributed by atoms with Crippen molar-refractivity contribution in [3.8, 4) is 28.6 Å². The number of methoxy groups -OCH3 is 3. The number of rotatable bonds is 7. The van der Waals surface area contributed by atoms with Crippen LogP contribution in [0, 0.1) is 5.92 Å². The van der Waals surface area contributed by atoms with Crippen molar-refractivity contribution in [1.29, 1.82) is 0 Å². The van der Waals surface area contributed by atoms with E-state index in [4.69, 9.17) is 18.7 Å². The largest absolute Gasteiger partial charge is 0.493 e. The van der Waals surface area contributed by atoms with Gasteiger partial charge < -0.3 is 24.1 Å². The molecule has 0 bridgehead atoms. The van der Waals surface area contributed by atoms with E-state index >= 15 is 0 Å². The maximum absolute atomic E-state index is 11.9. The van der Waals surface area contributed by atoms with Gasteiger partial charge in [0.05, 0.1) is 27.9 Å². The first-order chi connectivity index (χ1) is 12.2. The Morgan fingerprint density at radius 1 is 1.20 bits per heavy atom. The SMILES string of the molecule is COc1cc(-c2noc(CNC(=O)C3CCC3)n2)cc(OC)c1OC. The first-order valence-corrected chi connectivity index (χ1v) is 8.07. The molecule has 1 heterocycles. The Morgan fingerprint density at radius 3 is 2.40 bits per heavy atom. The molecule has 8 nitrogen and oxygen atoms in total. The van der Waals surface area contributed by atoms with E-state index in [1.54, 1.807) is 26.4 Å². The summed E-state index contributed by atoms with van der Waals surface area (Å²) in [7, 11) is 4.62. The molecule has 25 heavy (non-hydrogen) atoms. The molecule has 1 amide bonds. The molecule has 1 aliphatic rings. The number of carbonyl (C=O) groups is 1. The van der Waals surface area contributed by atoms with E-state index in [2.05, 4.69) is 15.5 Å². The molecular weight excluding hydrogens is 326 g/mol. The summed E-state index contributed by atoms with van der Waals surface area (Å²) < 4.78 is 21.2. The maximum atomic E-state index is 11.9. The van der Waals surface area contributed by atoms with Crippen LogP contribution >= 0.6 is 0 Å². The molecule has 0 aliphatic heterocycles. The lowest BCUT2D eigenvalue weighted by Crippen LogP contribution is -2.34. The summed E-state index contributed by atoms with van der Waals surface area (Å²) in [6.45, 7) is 0.215. The quantitative estimate of drug-likeness (QED) is 0.820. The number of nitrogens with zero attached hydrogens (tertiary/aromatic N) is 2. The van der Waals surface area contributed by atoms with Gasteiger partial charge in [0.2, 0.25) is 23.4 Å². The highest BCUT2D eigenvalue weighted by atomic mass is 16.5. The summed E-state index contributed by atoms with van der Waals surface area (Å²) in [5.74, 6) is 2.38. The Bertz CT molecular complexity index is 729. The number of ether oxygens (including phenoxy) is 3. The van der Waals surface area contributed by atoms with Gasteiger partial charge in [-0.15, -0.1) is 0 Å². The molecule has 1 fully saturated rings. The van der Waals surface area contributed by atoms with Gasteiger partial charge in [-0.1, -0.05) is 11.6 Å². The Balaban J connectivity index is 1.76. The van der Waals surface area contributed by atoms with Crippen LogP contribution in [0.25, 0.3) is 11.4 Å². The van der Waals surface area contributed by atoms with Gasteiger partial charge in [-0.25, -0.2) is 0 Å². The van der Waals surface area contributed by atoms with Gasteiger partial charge in [0.1, 0.15) is 0 Å². The first kappa shape index (κ1) is 17.1. The Morgan fingerprint density at radius 2 is 1.88 bits per heavy atom. The molecule has 0 atom stereocenters. The number of aromatic nitrogens is 2. The van der Waals surface area contributed by atoms with Crippen molar-refractivity contribution in [1.82, 2.24) is 15.5 Å². The normalized spacial score (nSPS) is 13.9. The Kier molecular flexibility index (Phi) is 5.06. The molecule has 1 aromatic heterocycles. The molecule has 3 rings (SSSR count). The molecule has 8 heteroatoms. The second-order valence-electron chi connectivity index (χ2n) is 5.77. The maximum Gasteiger partial charge on any atom is 0.246 e. The van der Waals surface area contributed by atoms with Crippen LogP contribution in [0.2, 0.25) is 0 Å². The minimum atomic E-state index is 0.0405. The summed E-state index contributed by atoms with van der Waals surface area (Å²) in [6.07, 6.45) is 3.02. The van der Waals surface area contributed by atoms with E-state index in [9.17, 15) is 4.79 Å². The monoisotopic (exact) mass is 347 g/mol. The van der Waals surface area contributed by atoms with Crippen molar-refractivity contribution >= 4 is 5.91 Å². The lowest BCUT2D eigenvalue weighted by Gasteiger charge is -2.23. The van der Waals surface area contributed by atoms with Crippen LogP contribution in [0.5, 0.6) is 17.2 Å². The number of benzene rings is 1. The van der Waals surface area contributed by atoms with Crippen molar-refractivity contribution in [2.24, 2.45) is 5.92 Å². The van der Waals surface area contributed by atoms with E-state index in [1.807, 2.05) is 0 Å². The fraction of sp³-hybridized carbons (Fsp3) is 0.471. The van der Waals surface area contributed by atoms with Gasteiger partial charge in [-0.05, 0) is 25.0 Å². The molecule has 2 aromatic rings. The van der Waals surface area contributed by atoms with Crippen LogP contribution in [-0.2, 0) is 11.3 Å². The number of hydrogen-bond acceptors (Lipinski definition) is 7. The lowest BCUT2D eigenvalue weighted by atomic mass is 9.85. The van der Waals surface area contributed by atoms with Crippen LogP contribution in [-0.4, -0.2) is 37.4 Å². The van der Waals surface area contributed by atoms with E-state index in [-0.39, 0.29) is 18.4 Å². The van der Waals surface area contributed by atoms with E-state index in [0.717, 1.165) is 19.3 Å². The third kappa shape index (κ3) is 3.52. The minimum Gasteiger partial charge on any atom is -0.493 e. The van der Waals surface area contributed by atoms with Gasteiger partial charge in [-0.2, -0.15) is 4.98 Å². The summed E-state index contributed by atoms with van der Waals surface area (Å²) in [6, 6.07) is 3.48.